The number of morpholine rings is 1. The number of carbonyl (C=O) groups is 1. The van der Waals surface area contributed by atoms with Crippen LogP contribution in [0.3, 0.4) is 0 Å². The summed E-state index contributed by atoms with van der Waals surface area (Å²) < 4.78 is 10.7. The van der Waals surface area contributed by atoms with Gasteiger partial charge in [-0.15, -0.1) is 0 Å². The second kappa shape index (κ2) is 8.91. The Bertz CT molecular complexity index is 696. The summed E-state index contributed by atoms with van der Waals surface area (Å²) >= 11 is 0. The third kappa shape index (κ3) is 4.89. The molecule has 0 spiro atoms. The largest absolute Gasteiger partial charge is 0.379 e. The first-order chi connectivity index (χ1) is 12.6. The molecule has 26 heavy (non-hydrogen) atoms. The average molecular weight is 358 g/mol. The monoisotopic (exact) mass is 358 g/mol. The first kappa shape index (κ1) is 18.5. The van der Waals surface area contributed by atoms with Gasteiger partial charge in [-0.1, -0.05) is 25.1 Å². The summed E-state index contributed by atoms with van der Waals surface area (Å²) in [7, 11) is 0. The maximum Gasteiger partial charge on any atom is 0.273 e. The highest BCUT2D eigenvalue weighted by molar-refractivity contribution is 5.92. The third-order valence-electron chi connectivity index (χ3n) is 4.37. The van der Waals surface area contributed by atoms with Crippen LogP contribution in [-0.4, -0.2) is 53.8 Å². The first-order valence-corrected chi connectivity index (χ1v) is 9.10. The zero-order chi connectivity index (χ0) is 18.4. The van der Waals surface area contributed by atoms with E-state index in [2.05, 4.69) is 34.2 Å². The fourth-order valence-electron chi connectivity index (χ4n) is 3.08. The Kier molecular flexibility index (Phi) is 6.35. The van der Waals surface area contributed by atoms with Crippen molar-refractivity contribution in [1.82, 2.24) is 20.4 Å². The number of hydrogen-bond acceptors (Lipinski definition) is 6. The van der Waals surface area contributed by atoms with E-state index in [4.69, 9.17) is 9.26 Å². The Balaban J connectivity index is 1.65. The predicted octanol–water partition coefficient (Wildman–Crippen LogP) is 2.07. The van der Waals surface area contributed by atoms with Gasteiger partial charge in [-0.2, -0.15) is 0 Å². The van der Waals surface area contributed by atoms with E-state index >= 15 is 0 Å². The number of nitrogens with zero attached hydrogens (tertiary/aromatic N) is 3. The van der Waals surface area contributed by atoms with Gasteiger partial charge in [0.1, 0.15) is 5.76 Å². The highest BCUT2D eigenvalue weighted by atomic mass is 16.5. The molecule has 0 aliphatic carbocycles. The summed E-state index contributed by atoms with van der Waals surface area (Å²) in [5, 5.41) is 6.87. The van der Waals surface area contributed by atoms with Crippen LogP contribution < -0.4 is 5.32 Å². The van der Waals surface area contributed by atoms with Gasteiger partial charge < -0.3 is 14.6 Å². The maximum atomic E-state index is 12.5. The highest BCUT2D eigenvalue weighted by Gasteiger charge is 2.25. The molecule has 0 bridgehead atoms. The molecule has 1 saturated heterocycles. The van der Waals surface area contributed by atoms with Crippen molar-refractivity contribution in [1.29, 1.82) is 0 Å². The van der Waals surface area contributed by atoms with Crippen molar-refractivity contribution in [2.45, 2.75) is 26.3 Å². The van der Waals surface area contributed by atoms with E-state index < -0.39 is 0 Å². The van der Waals surface area contributed by atoms with Gasteiger partial charge in [0.15, 0.2) is 5.69 Å². The first-order valence-electron chi connectivity index (χ1n) is 9.10. The zero-order valence-corrected chi connectivity index (χ0v) is 15.4. The molecule has 2 aromatic rings. The second-order valence-corrected chi connectivity index (χ2v) is 6.91. The second-order valence-electron chi connectivity index (χ2n) is 6.91. The van der Waals surface area contributed by atoms with Gasteiger partial charge in [-0.3, -0.25) is 14.7 Å². The summed E-state index contributed by atoms with van der Waals surface area (Å²) in [6, 6.07) is 7.58. The van der Waals surface area contributed by atoms with E-state index in [1.165, 1.54) is 0 Å². The minimum Gasteiger partial charge on any atom is -0.379 e. The summed E-state index contributed by atoms with van der Waals surface area (Å²) in [4.78, 5) is 19.2. The molecule has 140 valence electrons. The molecule has 7 nitrogen and oxygen atoms in total. The standard InChI is InChI=1S/C19H26N4O3/c1-14(2)11-15-12-17(22-26-15)19(24)21-13-18(16-5-3-4-6-20-16)23-7-9-25-10-8-23/h3-6,12,14,18H,7-11,13H2,1-2H3,(H,21,24)/t18-/m1/s1. The molecule has 1 fully saturated rings. The Labute approximate surface area is 153 Å². The summed E-state index contributed by atoms with van der Waals surface area (Å²) in [5.74, 6) is 0.964. The van der Waals surface area contributed by atoms with Crippen LogP contribution in [0.4, 0.5) is 0 Å². The Morgan fingerprint density at radius 3 is 2.81 bits per heavy atom. The molecule has 1 atom stereocenters. The molecule has 2 aromatic heterocycles. The molecule has 0 aromatic carbocycles. The smallest absolute Gasteiger partial charge is 0.273 e. The van der Waals surface area contributed by atoms with Crippen LogP contribution in [0.25, 0.3) is 0 Å². The fraction of sp³-hybridized carbons (Fsp3) is 0.526. The van der Waals surface area contributed by atoms with Crippen molar-refractivity contribution in [3.63, 3.8) is 0 Å². The van der Waals surface area contributed by atoms with E-state index in [1.807, 2.05) is 18.2 Å². The van der Waals surface area contributed by atoms with Crippen LogP contribution in [0.2, 0.25) is 0 Å². The normalized spacial score (nSPS) is 16.6. The fourth-order valence-corrected chi connectivity index (χ4v) is 3.08. The van der Waals surface area contributed by atoms with Crippen LogP contribution in [0.5, 0.6) is 0 Å². The van der Waals surface area contributed by atoms with Crippen molar-refractivity contribution < 1.29 is 14.1 Å². The minimum atomic E-state index is -0.224. The average Bonchev–Trinajstić information content (AvgIpc) is 3.11. The summed E-state index contributed by atoms with van der Waals surface area (Å²) in [5.41, 5.74) is 1.26. The van der Waals surface area contributed by atoms with Gasteiger partial charge >= 0.3 is 0 Å². The number of rotatable bonds is 7. The number of carbonyl (C=O) groups excluding carboxylic acids is 1. The summed E-state index contributed by atoms with van der Waals surface area (Å²) in [6.45, 7) is 7.68. The van der Waals surface area contributed by atoms with Crippen LogP contribution in [0.15, 0.2) is 35.0 Å². The predicted molar refractivity (Wildman–Crippen MR) is 96.7 cm³/mol. The van der Waals surface area contributed by atoms with Crippen LogP contribution in [-0.2, 0) is 11.2 Å². The third-order valence-corrected chi connectivity index (χ3v) is 4.37. The summed E-state index contributed by atoms with van der Waals surface area (Å²) in [6.07, 6.45) is 2.55. The van der Waals surface area contributed by atoms with E-state index in [-0.39, 0.29) is 11.9 Å². The SMILES string of the molecule is CC(C)Cc1cc(C(=O)NC[C@H](c2ccccn2)N2CCOCC2)no1. The molecule has 1 aliphatic rings. The van der Waals surface area contributed by atoms with Crippen LogP contribution in [0, 0.1) is 5.92 Å². The molecule has 0 radical (unpaired) electrons. The quantitative estimate of drug-likeness (QED) is 0.816. The Hall–Kier alpha value is -2.25. The van der Waals surface area contributed by atoms with Gasteiger partial charge in [-0.25, -0.2) is 0 Å². The molecular weight excluding hydrogens is 332 g/mol. The highest BCUT2D eigenvalue weighted by Crippen LogP contribution is 2.19. The lowest BCUT2D eigenvalue weighted by Gasteiger charge is -2.34. The molecule has 3 rings (SSSR count). The van der Waals surface area contributed by atoms with E-state index in [0.29, 0.717) is 31.4 Å². The molecule has 1 aliphatic heterocycles. The number of pyridine rings is 1. The lowest BCUT2D eigenvalue weighted by Crippen LogP contribution is -2.44. The van der Waals surface area contributed by atoms with E-state index in [9.17, 15) is 4.79 Å². The minimum absolute atomic E-state index is 0.00563. The lowest BCUT2D eigenvalue weighted by atomic mass is 10.1. The van der Waals surface area contributed by atoms with Crippen LogP contribution >= 0.6 is 0 Å². The number of amides is 1. The Morgan fingerprint density at radius 1 is 1.31 bits per heavy atom. The molecule has 1 N–H and O–H groups in total. The van der Waals surface area contributed by atoms with Crippen molar-refractivity contribution in [2.24, 2.45) is 5.92 Å². The van der Waals surface area contributed by atoms with E-state index in [1.54, 1.807) is 12.3 Å². The molecule has 3 heterocycles. The van der Waals surface area contributed by atoms with Gasteiger partial charge in [-0.05, 0) is 18.1 Å². The van der Waals surface area contributed by atoms with Crippen molar-refractivity contribution in [3.05, 3.63) is 47.6 Å². The van der Waals surface area contributed by atoms with Crippen molar-refractivity contribution in [2.75, 3.05) is 32.8 Å². The molecule has 0 saturated carbocycles. The van der Waals surface area contributed by atoms with Crippen molar-refractivity contribution >= 4 is 5.91 Å². The number of nitrogens with one attached hydrogen (secondary N) is 1. The zero-order valence-electron chi connectivity index (χ0n) is 15.4. The topological polar surface area (TPSA) is 80.5 Å². The van der Waals surface area contributed by atoms with Gasteiger partial charge in [0.05, 0.1) is 24.9 Å². The van der Waals surface area contributed by atoms with Gasteiger partial charge in [0, 0.05) is 38.3 Å². The Morgan fingerprint density at radius 2 is 2.12 bits per heavy atom. The van der Waals surface area contributed by atoms with Crippen LogP contribution in [0.1, 0.15) is 41.8 Å². The molecule has 0 unspecified atom stereocenters. The number of hydrogen-bond donors (Lipinski definition) is 1. The molecular formula is C19H26N4O3. The van der Waals surface area contributed by atoms with Crippen molar-refractivity contribution in [3.8, 4) is 0 Å². The number of ether oxygens (including phenoxy) is 1. The van der Waals surface area contributed by atoms with Gasteiger partial charge in [0.2, 0.25) is 0 Å². The molecule has 7 heteroatoms. The lowest BCUT2D eigenvalue weighted by molar-refractivity contribution is 0.0153. The maximum absolute atomic E-state index is 12.5. The number of aromatic nitrogens is 2. The van der Waals surface area contributed by atoms with E-state index in [0.717, 1.165) is 31.0 Å². The van der Waals surface area contributed by atoms with Gasteiger partial charge in [0.25, 0.3) is 5.91 Å². The molecule has 1 amide bonds.